The van der Waals surface area contributed by atoms with Crippen LogP contribution in [0.25, 0.3) is 11.4 Å². The average molecular weight is 350 g/mol. The van der Waals surface area contributed by atoms with Gasteiger partial charge in [0.05, 0.1) is 18.6 Å². The third-order valence-electron chi connectivity index (χ3n) is 4.65. The van der Waals surface area contributed by atoms with Gasteiger partial charge >= 0.3 is 0 Å². The van der Waals surface area contributed by atoms with Gasteiger partial charge in [0.1, 0.15) is 11.9 Å². The summed E-state index contributed by atoms with van der Waals surface area (Å²) in [5.74, 6) is 0.456. The van der Waals surface area contributed by atoms with Gasteiger partial charge < -0.3 is 14.5 Å². The number of fused-ring (bicyclic) bond motifs is 1. The number of aromatic amines is 1. The van der Waals surface area contributed by atoms with Gasteiger partial charge in [-0.25, -0.2) is 9.97 Å². The Labute approximate surface area is 149 Å². The van der Waals surface area contributed by atoms with Crippen LogP contribution in [0, 0.1) is 0 Å². The van der Waals surface area contributed by atoms with E-state index in [0.717, 1.165) is 5.56 Å². The Kier molecular flexibility index (Phi) is 4.08. The molecule has 0 unspecified atom stereocenters. The summed E-state index contributed by atoms with van der Waals surface area (Å²) in [7, 11) is 0. The first-order valence-corrected chi connectivity index (χ1v) is 8.42. The lowest BCUT2D eigenvalue weighted by atomic mass is 10.1. The van der Waals surface area contributed by atoms with Gasteiger partial charge in [-0.05, 0) is 25.5 Å². The summed E-state index contributed by atoms with van der Waals surface area (Å²) >= 11 is 0. The van der Waals surface area contributed by atoms with Crippen molar-refractivity contribution in [2.24, 2.45) is 0 Å². The number of carbonyl (C=O) groups excluding carboxylic acids is 1. The molecular weight excluding hydrogens is 332 g/mol. The van der Waals surface area contributed by atoms with E-state index in [0.29, 0.717) is 36.6 Å². The fourth-order valence-electron chi connectivity index (χ4n) is 3.16. The number of hydrogen-bond acceptors (Lipinski definition) is 5. The molecule has 1 aliphatic rings. The summed E-state index contributed by atoms with van der Waals surface area (Å²) in [4.78, 5) is 42.4. The van der Waals surface area contributed by atoms with Crippen LogP contribution in [0.1, 0.15) is 24.2 Å². The van der Waals surface area contributed by atoms with E-state index >= 15 is 0 Å². The van der Waals surface area contributed by atoms with Gasteiger partial charge in [-0.3, -0.25) is 14.6 Å². The smallest absolute Gasteiger partial charge is 0.254 e. The largest absolute Gasteiger partial charge is 0.335 e. The van der Waals surface area contributed by atoms with Crippen molar-refractivity contribution in [1.29, 1.82) is 0 Å². The topological polar surface area (TPSA) is 96.8 Å². The minimum absolute atomic E-state index is 0.0151. The zero-order valence-electron chi connectivity index (χ0n) is 14.3. The lowest BCUT2D eigenvalue weighted by Crippen LogP contribution is -2.42. The third kappa shape index (κ3) is 2.90. The number of pyridine rings is 1. The first-order valence-electron chi connectivity index (χ1n) is 8.42. The van der Waals surface area contributed by atoms with Crippen LogP contribution in [0.5, 0.6) is 0 Å². The Hall–Kier alpha value is -3.29. The van der Waals surface area contributed by atoms with Crippen molar-refractivity contribution in [3.05, 3.63) is 64.9 Å². The molecule has 1 N–H and O–H groups in total. The van der Waals surface area contributed by atoms with Crippen LogP contribution >= 0.6 is 0 Å². The summed E-state index contributed by atoms with van der Waals surface area (Å²) < 4.78 is 1.77. The van der Waals surface area contributed by atoms with Gasteiger partial charge in [0.15, 0.2) is 0 Å². The van der Waals surface area contributed by atoms with Crippen LogP contribution < -0.4 is 5.56 Å². The normalized spacial score (nSPS) is 14.7. The van der Waals surface area contributed by atoms with E-state index < -0.39 is 0 Å². The number of H-pyrrole nitrogens is 1. The van der Waals surface area contributed by atoms with Crippen LogP contribution in [0.2, 0.25) is 0 Å². The number of hydrogen-bond donors (Lipinski definition) is 1. The fraction of sp³-hybridized carbons (Fsp3) is 0.278. The van der Waals surface area contributed by atoms with Crippen LogP contribution in [-0.4, -0.2) is 41.9 Å². The molecule has 1 atom stereocenters. The quantitative estimate of drug-likeness (QED) is 0.765. The van der Waals surface area contributed by atoms with Gasteiger partial charge in [-0.2, -0.15) is 0 Å². The second-order valence-corrected chi connectivity index (χ2v) is 6.28. The molecule has 0 bridgehead atoms. The summed E-state index contributed by atoms with van der Waals surface area (Å²) in [6.07, 6.45) is 8.85. The molecule has 0 saturated carbocycles. The molecule has 0 aromatic carbocycles. The number of nitrogens with one attached hydrogen (secondary N) is 1. The summed E-state index contributed by atoms with van der Waals surface area (Å²) in [6.45, 7) is 2.66. The van der Waals surface area contributed by atoms with Crippen molar-refractivity contribution in [3.63, 3.8) is 0 Å². The van der Waals surface area contributed by atoms with E-state index in [1.54, 1.807) is 46.6 Å². The Morgan fingerprint density at radius 3 is 2.92 bits per heavy atom. The Morgan fingerprint density at radius 1 is 1.31 bits per heavy atom. The second kappa shape index (κ2) is 6.55. The molecule has 8 nitrogen and oxygen atoms in total. The Balaban J connectivity index is 1.63. The molecule has 132 valence electrons. The van der Waals surface area contributed by atoms with Crippen LogP contribution in [0.3, 0.4) is 0 Å². The number of carbonyl (C=O) groups is 1. The summed E-state index contributed by atoms with van der Waals surface area (Å²) in [6, 6.07) is 3.28. The zero-order valence-corrected chi connectivity index (χ0v) is 14.3. The molecule has 3 aromatic rings. The highest BCUT2D eigenvalue weighted by Gasteiger charge is 2.28. The van der Waals surface area contributed by atoms with E-state index in [1.165, 1.54) is 0 Å². The molecule has 0 spiro atoms. The van der Waals surface area contributed by atoms with Crippen LogP contribution in [-0.2, 0) is 17.8 Å². The van der Waals surface area contributed by atoms with E-state index in [4.69, 9.17) is 0 Å². The minimum Gasteiger partial charge on any atom is -0.335 e. The molecule has 8 heteroatoms. The van der Waals surface area contributed by atoms with E-state index in [-0.39, 0.29) is 17.5 Å². The van der Waals surface area contributed by atoms with Crippen molar-refractivity contribution < 1.29 is 4.79 Å². The lowest BCUT2D eigenvalue weighted by molar-refractivity contribution is -0.135. The molecular formula is C18H18N6O2. The predicted octanol–water partition coefficient (Wildman–Crippen LogP) is 1.17. The van der Waals surface area contributed by atoms with E-state index in [9.17, 15) is 9.59 Å². The van der Waals surface area contributed by atoms with Crippen LogP contribution in [0.15, 0.2) is 48.0 Å². The molecule has 1 amide bonds. The zero-order chi connectivity index (χ0) is 18.1. The lowest BCUT2D eigenvalue weighted by Gasteiger charge is -2.30. The maximum absolute atomic E-state index is 12.8. The molecule has 1 aliphatic heterocycles. The SMILES string of the molecule is C[C@H](C(=O)N1CCc2c(nc(-c3cccnc3)[nH]c2=O)C1)n1ccnc1. The van der Waals surface area contributed by atoms with Gasteiger partial charge in [-0.15, -0.1) is 0 Å². The van der Waals surface area contributed by atoms with E-state index in [1.807, 2.05) is 13.0 Å². The van der Waals surface area contributed by atoms with Crippen molar-refractivity contribution in [1.82, 2.24) is 29.4 Å². The minimum atomic E-state index is -0.348. The molecule has 0 radical (unpaired) electrons. The Bertz CT molecular complexity index is 981. The first kappa shape index (κ1) is 16.2. The fourth-order valence-corrected chi connectivity index (χ4v) is 3.16. The van der Waals surface area contributed by atoms with Gasteiger partial charge in [0.2, 0.25) is 5.91 Å². The molecule has 4 heterocycles. The van der Waals surface area contributed by atoms with Crippen molar-refractivity contribution in [2.45, 2.75) is 25.9 Å². The molecule has 0 aliphatic carbocycles. The van der Waals surface area contributed by atoms with Crippen LogP contribution in [0.4, 0.5) is 0 Å². The molecule has 0 saturated heterocycles. The highest BCUT2D eigenvalue weighted by Crippen LogP contribution is 2.20. The molecule has 4 rings (SSSR count). The standard InChI is InChI=1S/C18H18N6O2/c1-12(24-8-6-20-11-24)18(26)23-7-4-14-15(10-23)21-16(22-17(14)25)13-3-2-5-19-9-13/h2-3,5-6,8-9,11-12H,4,7,10H2,1H3,(H,21,22,25)/t12-/m1/s1. The first-order chi connectivity index (χ1) is 12.6. The van der Waals surface area contributed by atoms with Gasteiger partial charge in [0, 0.05) is 42.5 Å². The van der Waals surface area contributed by atoms with Gasteiger partial charge in [0.25, 0.3) is 5.56 Å². The number of amides is 1. The Morgan fingerprint density at radius 2 is 2.19 bits per heavy atom. The maximum atomic E-state index is 12.8. The van der Waals surface area contributed by atoms with Crippen molar-refractivity contribution >= 4 is 5.91 Å². The average Bonchev–Trinajstić information content (AvgIpc) is 3.22. The highest BCUT2D eigenvalue weighted by atomic mass is 16.2. The predicted molar refractivity (Wildman–Crippen MR) is 94.1 cm³/mol. The molecule has 0 fully saturated rings. The summed E-state index contributed by atoms with van der Waals surface area (Å²) in [5, 5.41) is 0. The maximum Gasteiger partial charge on any atom is 0.254 e. The van der Waals surface area contributed by atoms with Crippen molar-refractivity contribution in [2.75, 3.05) is 6.54 Å². The number of nitrogens with zero attached hydrogens (tertiary/aromatic N) is 5. The highest BCUT2D eigenvalue weighted by molar-refractivity contribution is 5.80. The molecule has 3 aromatic heterocycles. The van der Waals surface area contributed by atoms with Gasteiger partial charge in [-0.1, -0.05) is 0 Å². The van der Waals surface area contributed by atoms with Crippen molar-refractivity contribution in [3.8, 4) is 11.4 Å². The second-order valence-electron chi connectivity index (χ2n) is 6.28. The third-order valence-corrected chi connectivity index (χ3v) is 4.65. The number of imidazole rings is 1. The number of aromatic nitrogens is 5. The summed E-state index contributed by atoms with van der Waals surface area (Å²) in [5.41, 5.74) is 1.88. The molecule has 26 heavy (non-hydrogen) atoms. The number of rotatable bonds is 3. The van der Waals surface area contributed by atoms with E-state index in [2.05, 4.69) is 19.9 Å². The monoisotopic (exact) mass is 350 g/mol.